The number of nitrogens with zero attached hydrogens (tertiary/aromatic N) is 2. The topological polar surface area (TPSA) is 37.3 Å². The molecule has 1 aromatic rings. The van der Waals surface area contributed by atoms with Gasteiger partial charge in [0.05, 0.1) is 18.2 Å². The number of allylic oxidation sites excluding steroid dienone is 9. The molecule has 4 heteroatoms. The normalized spacial score (nSPS) is 16.2. The highest BCUT2D eigenvalue weighted by Crippen LogP contribution is 2.32. The Kier molecular flexibility index (Phi) is 30.6. The van der Waals surface area contributed by atoms with Crippen LogP contribution in [0.3, 0.4) is 0 Å². The Balaban J connectivity index is -0.000000978. The molecule has 51 heavy (non-hydrogen) atoms. The lowest BCUT2D eigenvalue weighted by atomic mass is 9.78. The predicted octanol–water partition coefficient (Wildman–Crippen LogP) is 15.2. The van der Waals surface area contributed by atoms with Crippen LogP contribution in [0.2, 0.25) is 0 Å². The second-order valence-electron chi connectivity index (χ2n) is 14.8. The van der Waals surface area contributed by atoms with Crippen LogP contribution < -0.4 is 5.32 Å². The minimum atomic E-state index is -0.505. The molecule has 0 spiro atoms. The molecular formula is C47H78FN3. The SMILES string of the molecule is C=C.C=C/C(F)=C/N=CNC(=C/C(=C)c1cnc(C(C)(C)C(=C)C)c(C)c1)/C(C)=C(C)/C=C\C.CC(C)C.CC1CC(C)C1.CCCCCCC. The van der Waals surface area contributed by atoms with Crippen LogP contribution >= 0.6 is 0 Å². The molecule has 0 aromatic carbocycles. The van der Waals surface area contributed by atoms with Crippen LogP contribution in [-0.4, -0.2) is 11.3 Å². The van der Waals surface area contributed by atoms with Crippen LogP contribution in [0.15, 0.2) is 109 Å². The molecule has 0 bridgehead atoms. The van der Waals surface area contributed by atoms with Crippen molar-refractivity contribution in [3.05, 3.63) is 121 Å². The highest BCUT2D eigenvalue weighted by atomic mass is 19.1. The molecule has 0 aliphatic heterocycles. The van der Waals surface area contributed by atoms with E-state index in [0.29, 0.717) is 0 Å². The number of pyridine rings is 1. The minimum absolute atomic E-state index is 0.208. The zero-order chi connectivity index (χ0) is 40.2. The van der Waals surface area contributed by atoms with Crippen LogP contribution in [0.25, 0.3) is 5.57 Å². The van der Waals surface area contributed by atoms with E-state index >= 15 is 0 Å². The number of halogens is 1. The summed E-state index contributed by atoms with van der Waals surface area (Å²) in [5.74, 6) is 2.41. The van der Waals surface area contributed by atoms with Gasteiger partial charge in [0.15, 0.2) is 0 Å². The molecule has 1 aliphatic rings. The number of aliphatic imine (C=N–C) groups is 1. The standard InChI is InChI=1S/C28H36FN3.C7H16.C6H12.C4H10.C2H4/c1-11-13-20(5)23(8)26(32-18-30-17-25(29)12-2)15-21(6)24-14-22(7)27(31-16-24)28(9,10)19(3)4;1-3-5-7-6-4-2;1-5-3-6(2)4-5;1-4(2)3;1-2/h11-18H,2-3,6H2,1,4-5,7-10H3,(H,30,32);3-7H2,1-2H3;5-6H,3-4H2,1-2H3;4H,1-3H3;1-2H2/b13-11-,23-20+,25-17-,26-15+;;;;. The van der Waals surface area contributed by atoms with Gasteiger partial charge in [-0.15, -0.1) is 13.2 Å². The van der Waals surface area contributed by atoms with Gasteiger partial charge in [-0.05, 0) is 111 Å². The van der Waals surface area contributed by atoms with Gasteiger partial charge in [0.2, 0.25) is 0 Å². The average molecular weight is 704 g/mol. The zero-order valence-corrected chi connectivity index (χ0v) is 35.6. The van der Waals surface area contributed by atoms with Gasteiger partial charge in [-0.1, -0.05) is 132 Å². The lowest BCUT2D eigenvalue weighted by Gasteiger charge is -2.28. The number of hydrogen-bond donors (Lipinski definition) is 1. The fourth-order valence-corrected chi connectivity index (χ4v) is 4.96. The molecule has 0 saturated heterocycles. The van der Waals surface area contributed by atoms with Crippen LogP contribution in [-0.2, 0) is 5.41 Å². The highest BCUT2D eigenvalue weighted by Gasteiger charge is 2.25. The number of unbranched alkanes of at least 4 members (excludes halogenated alkanes) is 4. The van der Waals surface area contributed by atoms with Crippen molar-refractivity contribution in [2.45, 2.75) is 147 Å². The van der Waals surface area contributed by atoms with Crippen molar-refractivity contribution >= 4 is 11.9 Å². The summed E-state index contributed by atoms with van der Waals surface area (Å²) in [6, 6.07) is 2.09. The largest absolute Gasteiger partial charge is 0.346 e. The molecule has 1 aromatic heterocycles. The van der Waals surface area contributed by atoms with Crippen molar-refractivity contribution in [3.63, 3.8) is 0 Å². The first kappa shape index (κ1) is 51.8. The third-order valence-electron chi connectivity index (χ3n) is 8.34. The van der Waals surface area contributed by atoms with E-state index in [-0.39, 0.29) is 5.41 Å². The Bertz CT molecular complexity index is 1280. The molecule has 2 rings (SSSR count). The molecule has 288 valence electrons. The average Bonchev–Trinajstić information content (AvgIpc) is 3.06. The van der Waals surface area contributed by atoms with E-state index in [1.54, 1.807) is 0 Å². The molecule has 1 heterocycles. The molecule has 3 nitrogen and oxygen atoms in total. The number of hydrogen-bond acceptors (Lipinski definition) is 2. The van der Waals surface area contributed by atoms with Crippen molar-refractivity contribution in [1.29, 1.82) is 0 Å². The van der Waals surface area contributed by atoms with E-state index in [1.807, 2.05) is 52.1 Å². The number of nitrogens with one attached hydrogen (secondary N) is 1. The van der Waals surface area contributed by atoms with E-state index in [9.17, 15) is 4.39 Å². The summed E-state index contributed by atoms with van der Waals surface area (Å²) >= 11 is 0. The van der Waals surface area contributed by atoms with Gasteiger partial charge < -0.3 is 5.32 Å². The monoisotopic (exact) mass is 704 g/mol. The fraction of sp³-hybridized carbons (Fsp3) is 0.532. The fourth-order valence-electron chi connectivity index (χ4n) is 4.96. The molecule has 0 unspecified atom stereocenters. The zero-order valence-electron chi connectivity index (χ0n) is 35.6. The van der Waals surface area contributed by atoms with E-state index in [4.69, 9.17) is 4.98 Å². The molecule has 1 fully saturated rings. The Hall–Kier alpha value is -3.53. The van der Waals surface area contributed by atoms with Crippen LogP contribution in [0.4, 0.5) is 4.39 Å². The van der Waals surface area contributed by atoms with Gasteiger partial charge in [-0.25, -0.2) is 9.38 Å². The van der Waals surface area contributed by atoms with E-state index in [1.165, 1.54) is 51.3 Å². The molecule has 1 saturated carbocycles. The molecule has 1 aliphatic carbocycles. The van der Waals surface area contributed by atoms with Crippen molar-refractivity contribution in [1.82, 2.24) is 10.3 Å². The van der Waals surface area contributed by atoms with Gasteiger partial charge in [0, 0.05) is 17.3 Å². The third kappa shape index (κ3) is 24.3. The summed E-state index contributed by atoms with van der Waals surface area (Å²) < 4.78 is 13.2. The Morgan fingerprint density at radius 1 is 1.02 bits per heavy atom. The summed E-state index contributed by atoms with van der Waals surface area (Å²) in [4.78, 5) is 8.68. The molecule has 0 radical (unpaired) electrons. The first-order chi connectivity index (χ1) is 23.9. The van der Waals surface area contributed by atoms with Crippen molar-refractivity contribution in [2.24, 2.45) is 22.7 Å². The summed E-state index contributed by atoms with van der Waals surface area (Å²) in [6.07, 6.45) is 21.4. The lowest BCUT2D eigenvalue weighted by molar-refractivity contribution is 0.233. The van der Waals surface area contributed by atoms with Gasteiger partial charge in [-0.2, -0.15) is 0 Å². The highest BCUT2D eigenvalue weighted by molar-refractivity contribution is 5.75. The second-order valence-corrected chi connectivity index (χ2v) is 14.8. The number of aromatic nitrogens is 1. The minimum Gasteiger partial charge on any atom is -0.346 e. The van der Waals surface area contributed by atoms with Gasteiger partial charge in [0.1, 0.15) is 5.83 Å². The van der Waals surface area contributed by atoms with Crippen molar-refractivity contribution < 1.29 is 4.39 Å². The number of aryl methyl sites for hydroxylation is 1. The Labute approximate surface area is 316 Å². The van der Waals surface area contributed by atoms with Gasteiger partial charge in [0.25, 0.3) is 0 Å². The van der Waals surface area contributed by atoms with Crippen LogP contribution in [0.1, 0.15) is 152 Å². The maximum absolute atomic E-state index is 13.2. The summed E-state index contributed by atoms with van der Waals surface area (Å²) in [7, 11) is 0. The predicted molar refractivity (Wildman–Crippen MR) is 232 cm³/mol. The molecular weight excluding hydrogens is 626 g/mol. The van der Waals surface area contributed by atoms with Gasteiger partial charge >= 0.3 is 0 Å². The Morgan fingerprint density at radius 2 is 1.53 bits per heavy atom. The third-order valence-corrected chi connectivity index (χ3v) is 8.34. The van der Waals surface area contributed by atoms with E-state index in [0.717, 1.165) is 74.8 Å². The summed E-state index contributed by atoms with van der Waals surface area (Å²) in [5, 5.41) is 3.14. The molecule has 1 N–H and O–H groups in total. The van der Waals surface area contributed by atoms with E-state index < -0.39 is 5.83 Å². The molecule has 0 atom stereocenters. The second kappa shape index (κ2) is 30.1. The molecule has 0 amide bonds. The lowest BCUT2D eigenvalue weighted by Crippen LogP contribution is -2.21. The van der Waals surface area contributed by atoms with Crippen LogP contribution in [0.5, 0.6) is 0 Å². The maximum Gasteiger partial charge on any atom is 0.140 e. The summed E-state index contributed by atoms with van der Waals surface area (Å²) in [5.41, 5.74) is 7.60. The Morgan fingerprint density at radius 3 is 1.90 bits per heavy atom. The maximum atomic E-state index is 13.2. The van der Waals surface area contributed by atoms with Crippen molar-refractivity contribution in [2.75, 3.05) is 0 Å². The number of rotatable bonds is 14. The van der Waals surface area contributed by atoms with Crippen molar-refractivity contribution in [3.8, 4) is 0 Å². The first-order valence-corrected chi connectivity index (χ1v) is 19.0. The quantitative estimate of drug-likeness (QED) is 0.0688. The van der Waals surface area contributed by atoms with Gasteiger partial charge in [-0.3, -0.25) is 4.98 Å². The van der Waals surface area contributed by atoms with Crippen LogP contribution in [0, 0.1) is 24.7 Å². The summed E-state index contributed by atoms with van der Waals surface area (Å²) in [6.45, 7) is 47.7. The van der Waals surface area contributed by atoms with E-state index in [2.05, 4.69) is 119 Å². The smallest absolute Gasteiger partial charge is 0.140 e. The first-order valence-electron chi connectivity index (χ1n) is 19.0.